The highest BCUT2D eigenvalue weighted by Crippen LogP contribution is 2.17. The van der Waals surface area contributed by atoms with Gasteiger partial charge in [0.25, 0.3) is 0 Å². The molecule has 1 heteroatoms. The van der Waals surface area contributed by atoms with E-state index in [2.05, 4.69) is 44.7 Å². The molecule has 0 unspecified atom stereocenters. The summed E-state index contributed by atoms with van der Waals surface area (Å²) in [5.41, 5.74) is 3.40. The summed E-state index contributed by atoms with van der Waals surface area (Å²) in [5.74, 6) is 0.959. The fourth-order valence-corrected chi connectivity index (χ4v) is 1.35. The highest BCUT2D eigenvalue weighted by atomic mass is 16.5. The van der Waals surface area contributed by atoms with E-state index >= 15 is 0 Å². The number of benzene rings is 1. The van der Waals surface area contributed by atoms with Gasteiger partial charge in [-0.3, -0.25) is 0 Å². The van der Waals surface area contributed by atoms with Crippen LogP contribution in [0.5, 0.6) is 0 Å². The monoisotopic (exact) mass is 202 g/mol. The fraction of sp³-hybridized carbons (Fsp3) is 0.286. The van der Waals surface area contributed by atoms with Crippen molar-refractivity contribution in [1.82, 2.24) is 0 Å². The minimum absolute atomic E-state index is 0.890. The van der Waals surface area contributed by atoms with Gasteiger partial charge in [-0.05, 0) is 24.1 Å². The molecule has 0 aliphatic heterocycles. The molecule has 0 saturated carbocycles. The van der Waals surface area contributed by atoms with Crippen LogP contribution in [0.3, 0.4) is 0 Å². The van der Waals surface area contributed by atoms with Gasteiger partial charge in [-0.15, -0.1) is 0 Å². The standard InChI is InChI=1S/C14H18O/c1-5-14(15-4)10-12(3)13-8-6-11(2)7-9-13/h6-10H,3,5H2,1-2,4H3/b14-10-. The van der Waals surface area contributed by atoms with Crippen molar-refractivity contribution in [1.29, 1.82) is 0 Å². The molecule has 0 aromatic heterocycles. The van der Waals surface area contributed by atoms with E-state index in [1.807, 2.05) is 6.08 Å². The van der Waals surface area contributed by atoms with Crippen LogP contribution in [0.2, 0.25) is 0 Å². The van der Waals surface area contributed by atoms with Crippen LogP contribution in [0.25, 0.3) is 5.57 Å². The zero-order valence-corrected chi connectivity index (χ0v) is 9.71. The van der Waals surface area contributed by atoms with E-state index in [9.17, 15) is 0 Å². The summed E-state index contributed by atoms with van der Waals surface area (Å²) < 4.78 is 5.22. The fourth-order valence-electron chi connectivity index (χ4n) is 1.35. The lowest BCUT2D eigenvalue weighted by Crippen LogP contribution is -1.86. The van der Waals surface area contributed by atoms with Crippen LogP contribution in [0.1, 0.15) is 24.5 Å². The Kier molecular flexibility index (Phi) is 4.17. The molecular weight excluding hydrogens is 184 g/mol. The average molecular weight is 202 g/mol. The Morgan fingerprint density at radius 3 is 2.40 bits per heavy atom. The number of hydrogen-bond acceptors (Lipinski definition) is 1. The van der Waals surface area contributed by atoms with E-state index in [-0.39, 0.29) is 0 Å². The first-order chi connectivity index (χ1) is 7.17. The summed E-state index contributed by atoms with van der Waals surface area (Å²) in [5, 5.41) is 0. The number of aryl methyl sites for hydroxylation is 1. The Bertz CT molecular complexity index is 351. The highest BCUT2D eigenvalue weighted by molar-refractivity contribution is 5.72. The lowest BCUT2D eigenvalue weighted by Gasteiger charge is -2.05. The van der Waals surface area contributed by atoms with E-state index in [4.69, 9.17) is 4.74 Å². The molecule has 1 rings (SSSR count). The molecule has 1 nitrogen and oxygen atoms in total. The van der Waals surface area contributed by atoms with E-state index in [0.717, 1.165) is 23.3 Å². The van der Waals surface area contributed by atoms with Gasteiger partial charge in [0.1, 0.15) is 0 Å². The molecule has 0 atom stereocenters. The number of allylic oxidation sites excluding steroid dienone is 3. The summed E-state index contributed by atoms with van der Waals surface area (Å²) >= 11 is 0. The molecule has 0 spiro atoms. The van der Waals surface area contributed by atoms with Crippen LogP contribution in [0.15, 0.2) is 42.7 Å². The first-order valence-corrected chi connectivity index (χ1v) is 5.18. The minimum atomic E-state index is 0.890. The van der Waals surface area contributed by atoms with Crippen LogP contribution in [-0.4, -0.2) is 7.11 Å². The SMILES string of the molecule is C=C(/C=C(/CC)OC)c1ccc(C)cc1. The molecule has 0 N–H and O–H groups in total. The lowest BCUT2D eigenvalue weighted by atomic mass is 10.0. The second kappa shape index (κ2) is 5.40. The van der Waals surface area contributed by atoms with Crippen molar-refractivity contribution in [3.05, 3.63) is 53.8 Å². The van der Waals surface area contributed by atoms with E-state index in [1.54, 1.807) is 7.11 Å². The summed E-state index contributed by atoms with van der Waals surface area (Å²) in [6, 6.07) is 8.34. The van der Waals surface area contributed by atoms with Gasteiger partial charge in [0.2, 0.25) is 0 Å². The highest BCUT2D eigenvalue weighted by Gasteiger charge is 1.98. The molecule has 0 bridgehead atoms. The van der Waals surface area contributed by atoms with Gasteiger partial charge in [0, 0.05) is 6.42 Å². The second-order valence-corrected chi connectivity index (χ2v) is 3.56. The quantitative estimate of drug-likeness (QED) is 0.530. The minimum Gasteiger partial charge on any atom is -0.501 e. The molecule has 80 valence electrons. The molecule has 0 heterocycles. The molecule has 0 amide bonds. The third-order valence-electron chi connectivity index (χ3n) is 2.37. The first kappa shape index (κ1) is 11.6. The summed E-state index contributed by atoms with van der Waals surface area (Å²) in [6.07, 6.45) is 2.88. The van der Waals surface area contributed by atoms with Crippen molar-refractivity contribution in [3.8, 4) is 0 Å². The van der Waals surface area contributed by atoms with E-state index in [1.165, 1.54) is 5.56 Å². The molecule has 0 saturated heterocycles. The van der Waals surface area contributed by atoms with E-state index < -0.39 is 0 Å². The smallest absolute Gasteiger partial charge is 0.0958 e. The van der Waals surface area contributed by atoms with Gasteiger partial charge in [0.05, 0.1) is 12.9 Å². The van der Waals surface area contributed by atoms with Gasteiger partial charge >= 0.3 is 0 Å². The van der Waals surface area contributed by atoms with Gasteiger partial charge in [-0.2, -0.15) is 0 Å². The second-order valence-electron chi connectivity index (χ2n) is 3.56. The summed E-state index contributed by atoms with van der Waals surface area (Å²) in [6.45, 7) is 8.18. The Balaban J connectivity index is 2.85. The van der Waals surface area contributed by atoms with Crippen molar-refractivity contribution in [2.24, 2.45) is 0 Å². The molecule has 0 aliphatic rings. The number of ether oxygens (including phenoxy) is 1. The van der Waals surface area contributed by atoms with Crippen LogP contribution in [-0.2, 0) is 4.74 Å². The van der Waals surface area contributed by atoms with Crippen molar-refractivity contribution in [2.45, 2.75) is 20.3 Å². The predicted molar refractivity (Wildman–Crippen MR) is 65.6 cm³/mol. The van der Waals surface area contributed by atoms with Gasteiger partial charge in [-0.25, -0.2) is 0 Å². The van der Waals surface area contributed by atoms with Crippen molar-refractivity contribution >= 4 is 5.57 Å². The number of methoxy groups -OCH3 is 1. The Morgan fingerprint density at radius 2 is 1.93 bits per heavy atom. The maximum atomic E-state index is 5.22. The Labute approximate surface area is 92.1 Å². The zero-order chi connectivity index (χ0) is 11.3. The lowest BCUT2D eigenvalue weighted by molar-refractivity contribution is 0.281. The molecule has 0 radical (unpaired) electrons. The maximum absolute atomic E-state index is 5.22. The number of hydrogen-bond donors (Lipinski definition) is 0. The average Bonchev–Trinajstić information content (AvgIpc) is 2.26. The topological polar surface area (TPSA) is 9.23 Å². The summed E-state index contributed by atoms with van der Waals surface area (Å²) in [7, 11) is 1.69. The van der Waals surface area contributed by atoms with Crippen LogP contribution in [0, 0.1) is 6.92 Å². The Hall–Kier alpha value is -1.50. The van der Waals surface area contributed by atoms with Gasteiger partial charge in [0.15, 0.2) is 0 Å². The largest absolute Gasteiger partial charge is 0.501 e. The molecule has 0 aliphatic carbocycles. The van der Waals surface area contributed by atoms with Crippen LogP contribution >= 0.6 is 0 Å². The molecular formula is C14H18O. The number of rotatable bonds is 4. The zero-order valence-electron chi connectivity index (χ0n) is 9.71. The third kappa shape index (κ3) is 3.28. The van der Waals surface area contributed by atoms with Crippen molar-refractivity contribution in [2.75, 3.05) is 7.11 Å². The van der Waals surface area contributed by atoms with Gasteiger partial charge < -0.3 is 4.74 Å². The van der Waals surface area contributed by atoms with Crippen molar-refractivity contribution in [3.63, 3.8) is 0 Å². The van der Waals surface area contributed by atoms with Crippen LogP contribution in [0.4, 0.5) is 0 Å². The molecule has 1 aromatic rings. The maximum Gasteiger partial charge on any atom is 0.0958 e. The third-order valence-corrected chi connectivity index (χ3v) is 2.37. The van der Waals surface area contributed by atoms with Crippen molar-refractivity contribution < 1.29 is 4.74 Å². The molecule has 15 heavy (non-hydrogen) atoms. The Morgan fingerprint density at radius 1 is 1.33 bits per heavy atom. The van der Waals surface area contributed by atoms with Crippen LogP contribution < -0.4 is 0 Å². The van der Waals surface area contributed by atoms with Gasteiger partial charge in [-0.1, -0.05) is 43.3 Å². The normalized spacial score (nSPS) is 11.3. The first-order valence-electron chi connectivity index (χ1n) is 5.18. The predicted octanol–water partition coefficient (Wildman–Crippen LogP) is 3.95. The molecule has 1 aromatic carbocycles. The molecule has 0 fully saturated rings. The summed E-state index contributed by atoms with van der Waals surface area (Å²) in [4.78, 5) is 0. The van der Waals surface area contributed by atoms with E-state index in [0.29, 0.717) is 0 Å².